The molecule has 0 spiro atoms. The van der Waals surface area contributed by atoms with E-state index >= 15 is 0 Å². The molecule has 1 heterocycles. The maximum Gasteiger partial charge on any atom is 0.223 e. The number of guanidine groups is 1. The topological polar surface area (TPSA) is 78.6 Å². The number of nitrogens with one attached hydrogen (secondary N) is 2. The van der Waals surface area contributed by atoms with Crippen LogP contribution in [0.2, 0.25) is 0 Å². The van der Waals surface area contributed by atoms with Gasteiger partial charge in [0.1, 0.15) is 0 Å². The fourth-order valence-electron chi connectivity index (χ4n) is 2.44. The summed E-state index contributed by atoms with van der Waals surface area (Å²) in [5.41, 5.74) is 1.33. The zero-order chi connectivity index (χ0) is 18.1. The average Bonchev–Trinajstić information content (AvgIpc) is 3.04. The highest BCUT2D eigenvalue weighted by Crippen LogP contribution is 2.07. The number of benzene rings is 1. The number of aromatic nitrogens is 2. The molecule has 0 fully saturated rings. The first-order valence-corrected chi connectivity index (χ1v) is 8.56. The van der Waals surface area contributed by atoms with Crippen LogP contribution in [0.3, 0.4) is 0 Å². The highest BCUT2D eigenvalue weighted by atomic mass is 16.5. The summed E-state index contributed by atoms with van der Waals surface area (Å²) in [7, 11) is 3.91. The van der Waals surface area contributed by atoms with E-state index < -0.39 is 0 Å². The third-order valence-corrected chi connectivity index (χ3v) is 4.09. The van der Waals surface area contributed by atoms with Gasteiger partial charge in [0.15, 0.2) is 11.8 Å². The molecule has 0 saturated heterocycles. The largest absolute Gasteiger partial charge is 0.356 e. The van der Waals surface area contributed by atoms with Gasteiger partial charge in [0.25, 0.3) is 0 Å². The summed E-state index contributed by atoms with van der Waals surface area (Å²) in [5.74, 6) is 1.92. The maximum atomic E-state index is 4.95. The van der Waals surface area contributed by atoms with Gasteiger partial charge in [-0.3, -0.25) is 9.89 Å². The van der Waals surface area contributed by atoms with Gasteiger partial charge in [0.2, 0.25) is 5.89 Å². The van der Waals surface area contributed by atoms with Gasteiger partial charge in [-0.05, 0) is 26.0 Å². The van der Waals surface area contributed by atoms with Crippen molar-refractivity contribution in [2.45, 2.75) is 39.4 Å². The molecule has 0 aliphatic rings. The van der Waals surface area contributed by atoms with Crippen LogP contribution in [0.1, 0.15) is 30.6 Å². The highest BCUT2D eigenvalue weighted by Gasteiger charge is 2.10. The van der Waals surface area contributed by atoms with Crippen molar-refractivity contribution in [2.24, 2.45) is 4.99 Å². The SMILES string of the molecule is CN=C(NCCC(C)N(C)Cc1ccccc1)NCc1noc(C)n1. The van der Waals surface area contributed by atoms with Crippen molar-refractivity contribution >= 4 is 5.96 Å². The molecule has 1 aromatic heterocycles. The van der Waals surface area contributed by atoms with Crippen LogP contribution in [0.15, 0.2) is 39.8 Å². The van der Waals surface area contributed by atoms with Crippen LogP contribution in [-0.2, 0) is 13.1 Å². The first kappa shape index (κ1) is 18.9. The lowest BCUT2D eigenvalue weighted by Crippen LogP contribution is -2.39. The molecule has 0 bridgehead atoms. The van der Waals surface area contributed by atoms with Crippen molar-refractivity contribution in [3.63, 3.8) is 0 Å². The Hall–Kier alpha value is -2.41. The molecule has 2 aromatic rings. The second-order valence-corrected chi connectivity index (χ2v) is 6.12. The third kappa shape index (κ3) is 6.54. The number of aliphatic imine (C=N–C) groups is 1. The van der Waals surface area contributed by atoms with Crippen molar-refractivity contribution in [3.05, 3.63) is 47.6 Å². The fraction of sp³-hybridized carbons (Fsp3) is 0.500. The highest BCUT2D eigenvalue weighted by molar-refractivity contribution is 5.79. The van der Waals surface area contributed by atoms with E-state index in [-0.39, 0.29) is 0 Å². The molecule has 7 heteroatoms. The van der Waals surface area contributed by atoms with Crippen molar-refractivity contribution in [3.8, 4) is 0 Å². The quantitative estimate of drug-likeness (QED) is 0.563. The molecule has 1 aromatic carbocycles. The molecule has 7 nitrogen and oxygen atoms in total. The first-order chi connectivity index (χ1) is 12.1. The second-order valence-electron chi connectivity index (χ2n) is 6.12. The number of hydrogen-bond donors (Lipinski definition) is 2. The predicted octanol–water partition coefficient (Wildman–Crippen LogP) is 1.95. The molecule has 136 valence electrons. The molecular weight excluding hydrogens is 316 g/mol. The van der Waals surface area contributed by atoms with Crippen molar-refractivity contribution in [1.82, 2.24) is 25.7 Å². The lowest BCUT2D eigenvalue weighted by atomic mass is 10.1. The Labute approximate surface area is 149 Å². The number of rotatable bonds is 8. The minimum absolute atomic E-state index is 0.464. The van der Waals surface area contributed by atoms with E-state index in [4.69, 9.17) is 4.52 Å². The van der Waals surface area contributed by atoms with E-state index in [2.05, 4.69) is 68.9 Å². The molecule has 0 aliphatic carbocycles. The standard InChI is InChI=1S/C18H28N6O/c1-14(24(4)13-16-8-6-5-7-9-16)10-11-20-18(19-3)21-12-17-22-15(2)25-23-17/h5-9,14H,10-13H2,1-4H3,(H2,19,20,21). The van der Waals surface area contributed by atoms with Gasteiger partial charge in [-0.1, -0.05) is 35.5 Å². The van der Waals surface area contributed by atoms with Crippen LogP contribution in [0, 0.1) is 6.92 Å². The minimum Gasteiger partial charge on any atom is -0.356 e. The Balaban J connectivity index is 1.68. The zero-order valence-electron chi connectivity index (χ0n) is 15.5. The summed E-state index contributed by atoms with van der Waals surface area (Å²) in [6.45, 7) is 6.29. The molecule has 0 radical (unpaired) electrons. The summed E-state index contributed by atoms with van der Waals surface area (Å²) in [6, 6.07) is 11.0. The number of aryl methyl sites for hydroxylation is 1. The molecular formula is C18H28N6O. The van der Waals surface area contributed by atoms with Crippen LogP contribution in [0.4, 0.5) is 0 Å². The first-order valence-electron chi connectivity index (χ1n) is 8.56. The summed E-state index contributed by atoms with van der Waals surface area (Å²) in [4.78, 5) is 10.7. The lowest BCUT2D eigenvalue weighted by Gasteiger charge is -2.25. The van der Waals surface area contributed by atoms with Crippen LogP contribution in [0.25, 0.3) is 0 Å². The van der Waals surface area contributed by atoms with E-state index in [0.717, 1.165) is 25.5 Å². The number of nitrogens with zero attached hydrogens (tertiary/aromatic N) is 4. The Bertz CT molecular complexity index is 655. The zero-order valence-corrected chi connectivity index (χ0v) is 15.5. The van der Waals surface area contributed by atoms with Gasteiger partial charge in [-0.25, -0.2) is 0 Å². The van der Waals surface area contributed by atoms with Gasteiger partial charge in [0, 0.05) is 33.1 Å². The maximum absolute atomic E-state index is 4.95. The van der Waals surface area contributed by atoms with Crippen LogP contribution in [0.5, 0.6) is 0 Å². The molecule has 0 amide bonds. The summed E-state index contributed by atoms with van der Waals surface area (Å²) < 4.78 is 4.95. The van der Waals surface area contributed by atoms with Crippen LogP contribution >= 0.6 is 0 Å². The van der Waals surface area contributed by atoms with Gasteiger partial charge < -0.3 is 15.2 Å². The van der Waals surface area contributed by atoms with Gasteiger partial charge in [-0.15, -0.1) is 0 Å². The summed E-state index contributed by atoms with van der Waals surface area (Å²) >= 11 is 0. The smallest absolute Gasteiger partial charge is 0.223 e. The summed E-state index contributed by atoms with van der Waals surface area (Å²) in [6.07, 6.45) is 1.02. The van der Waals surface area contributed by atoms with Crippen LogP contribution < -0.4 is 10.6 Å². The normalized spacial score (nSPS) is 13.1. The van der Waals surface area contributed by atoms with E-state index in [0.29, 0.717) is 24.3 Å². The lowest BCUT2D eigenvalue weighted by molar-refractivity contribution is 0.238. The monoisotopic (exact) mass is 344 g/mol. The van der Waals surface area contributed by atoms with E-state index in [9.17, 15) is 0 Å². The van der Waals surface area contributed by atoms with Gasteiger partial charge >= 0.3 is 0 Å². The molecule has 25 heavy (non-hydrogen) atoms. The fourth-order valence-corrected chi connectivity index (χ4v) is 2.44. The Morgan fingerprint density at radius 3 is 2.68 bits per heavy atom. The average molecular weight is 344 g/mol. The van der Waals surface area contributed by atoms with Gasteiger partial charge in [-0.2, -0.15) is 4.98 Å². The van der Waals surface area contributed by atoms with E-state index in [1.165, 1.54) is 5.56 Å². The van der Waals surface area contributed by atoms with Crippen molar-refractivity contribution in [2.75, 3.05) is 20.6 Å². The van der Waals surface area contributed by atoms with Crippen molar-refractivity contribution in [1.29, 1.82) is 0 Å². The Morgan fingerprint density at radius 2 is 2.04 bits per heavy atom. The number of hydrogen-bond acceptors (Lipinski definition) is 5. The predicted molar refractivity (Wildman–Crippen MR) is 99.2 cm³/mol. The van der Waals surface area contributed by atoms with Gasteiger partial charge in [0.05, 0.1) is 6.54 Å². The third-order valence-electron chi connectivity index (χ3n) is 4.09. The molecule has 1 unspecified atom stereocenters. The van der Waals surface area contributed by atoms with Crippen LogP contribution in [-0.4, -0.2) is 47.7 Å². The Kier molecular flexibility index (Phi) is 7.40. The molecule has 1 atom stereocenters. The second kappa shape index (κ2) is 9.78. The van der Waals surface area contributed by atoms with Crippen molar-refractivity contribution < 1.29 is 4.52 Å². The minimum atomic E-state index is 0.464. The van der Waals surface area contributed by atoms with E-state index in [1.54, 1.807) is 14.0 Å². The Morgan fingerprint density at radius 1 is 1.28 bits per heavy atom. The molecule has 2 N–H and O–H groups in total. The molecule has 0 saturated carbocycles. The summed E-state index contributed by atoms with van der Waals surface area (Å²) in [5, 5.41) is 10.4. The molecule has 2 rings (SSSR count). The van der Waals surface area contributed by atoms with E-state index in [1.807, 2.05) is 6.07 Å². The molecule has 0 aliphatic heterocycles.